The molecule has 2 N–H and O–H groups in total. The molecular weight excluding hydrogens is 414 g/mol. The van der Waals surface area contributed by atoms with Gasteiger partial charge in [-0.3, -0.25) is 0 Å². The molecule has 8 heteroatoms. The first-order chi connectivity index (χ1) is 13.5. The van der Waals surface area contributed by atoms with Crippen molar-refractivity contribution in [1.29, 1.82) is 0 Å². The fourth-order valence-electron chi connectivity index (χ4n) is 2.84. The number of thiophene rings is 1. The Labute approximate surface area is 177 Å². The molecule has 0 aliphatic carbocycles. The zero-order valence-electron chi connectivity index (χ0n) is 15.7. The quantitative estimate of drug-likeness (QED) is 0.542. The van der Waals surface area contributed by atoms with Gasteiger partial charge in [0.05, 0.1) is 23.2 Å². The number of carbonyl (C=O) groups excluding carboxylic acids is 1. The summed E-state index contributed by atoms with van der Waals surface area (Å²) in [6, 6.07) is 9.17. The topological polar surface area (TPSA) is 65.5 Å². The molecule has 0 radical (unpaired) electrons. The average molecular weight is 436 g/mol. The largest absolute Gasteiger partial charge is 0.395 e. The number of amides is 2. The van der Waals surface area contributed by atoms with E-state index in [2.05, 4.69) is 10.3 Å². The van der Waals surface area contributed by atoms with Gasteiger partial charge in [0.25, 0.3) is 0 Å². The van der Waals surface area contributed by atoms with E-state index in [0.29, 0.717) is 11.6 Å². The summed E-state index contributed by atoms with van der Waals surface area (Å²) in [6.07, 6.45) is 0. The Kier molecular flexibility index (Phi) is 7.07. The highest BCUT2D eigenvalue weighted by molar-refractivity contribution is 7.15. The maximum Gasteiger partial charge on any atom is 0.318 e. The van der Waals surface area contributed by atoms with E-state index in [1.807, 2.05) is 54.9 Å². The van der Waals surface area contributed by atoms with E-state index in [0.717, 1.165) is 26.7 Å². The number of aliphatic hydroxyl groups is 1. The van der Waals surface area contributed by atoms with Crippen molar-refractivity contribution in [3.63, 3.8) is 0 Å². The number of hydrogen-bond donors (Lipinski definition) is 2. The minimum absolute atomic E-state index is 0.0771. The fourth-order valence-corrected chi connectivity index (χ4v) is 4.70. The van der Waals surface area contributed by atoms with E-state index in [9.17, 15) is 9.90 Å². The van der Waals surface area contributed by atoms with E-state index in [-0.39, 0.29) is 25.2 Å². The molecule has 0 bridgehead atoms. The molecule has 0 saturated carbocycles. The Morgan fingerprint density at radius 1 is 1.32 bits per heavy atom. The monoisotopic (exact) mass is 435 g/mol. The molecule has 2 heterocycles. The second kappa shape index (κ2) is 9.52. The minimum Gasteiger partial charge on any atom is -0.395 e. The number of aliphatic hydroxyl groups excluding tert-OH is 1. The van der Waals surface area contributed by atoms with Crippen molar-refractivity contribution < 1.29 is 9.90 Å². The molecular formula is C20H22ClN3O2S2. The zero-order chi connectivity index (χ0) is 20.1. The van der Waals surface area contributed by atoms with E-state index in [1.54, 1.807) is 27.6 Å². The van der Waals surface area contributed by atoms with Gasteiger partial charge in [-0.25, -0.2) is 9.78 Å². The summed E-state index contributed by atoms with van der Waals surface area (Å²) in [6.45, 7) is 4.58. The van der Waals surface area contributed by atoms with Crippen molar-refractivity contribution in [2.45, 2.75) is 26.4 Å². The highest BCUT2D eigenvalue weighted by Gasteiger charge is 2.20. The van der Waals surface area contributed by atoms with Gasteiger partial charge in [-0.2, -0.15) is 11.3 Å². The molecule has 0 saturated heterocycles. The smallest absolute Gasteiger partial charge is 0.318 e. The van der Waals surface area contributed by atoms with Crippen LogP contribution in [0.15, 0.2) is 41.1 Å². The van der Waals surface area contributed by atoms with Gasteiger partial charge in [-0.05, 0) is 48.4 Å². The lowest BCUT2D eigenvalue weighted by Gasteiger charge is -2.24. The first-order valence-electron chi connectivity index (χ1n) is 8.88. The highest BCUT2D eigenvalue weighted by atomic mass is 35.5. The van der Waals surface area contributed by atoms with Gasteiger partial charge in [-0.1, -0.05) is 23.7 Å². The molecule has 0 spiro atoms. The van der Waals surface area contributed by atoms with Crippen LogP contribution in [-0.2, 0) is 6.54 Å². The van der Waals surface area contributed by atoms with Crippen LogP contribution in [0.1, 0.15) is 29.1 Å². The first-order valence-corrected chi connectivity index (χ1v) is 11.0. The van der Waals surface area contributed by atoms with E-state index in [1.165, 1.54) is 0 Å². The summed E-state index contributed by atoms with van der Waals surface area (Å²) in [5.74, 6) is 0. The molecule has 0 fully saturated rings. The Hall–Kier alpha value is -1.93. The summed E-state index contributed by atoms with van der Waals surface area (Å²) in [5, 5.41) is 17.9. The minimum atomic E-state index is -0.200. The first kappa shape index (κ1) is 20.8. The Morgan fingerprint density at radius 2 is 2.07 bits per heavy atom. The number of benzene rings is 1. The number of thiazole rings is 1. The molecule has 1 unspecified atom stereocenters. The summed E-state index contributed by atoms with van der Waals surface area (Å²) in [4.78, 5) is 20.0. The lowest BCUT2D eigenvalue weighted by molar-refractivity contribution is 0.171. The lowest BCUT2D eigenvalue weighted by atomic mass is 10.2. The third kappa shape index (κ3) is 5.11. The van der Waals surface area contributed by atoms with Crippen molar-refractivity contribution in [2.75, 3.05) is 13.2 Å². The average Bonchev–Trinajstić information content (AvgIpc) is 3.31. The van der Waals surface area contributed by atoms with Gasteiger partial charge in [0.15, 0.2) is 0 Å². The second-order valence-corrected chi connectivity index (χ2v) is 8.67. The fraction of sp³-hybridized carbons (Fsp3) is 0.300. The third-order valence-corrected chi connectivity index (χ3v) is 6.64. The molecule has 3 rings (SSSR count). The number of urea groups is 1. The molecule has 148 valence electrons. The third-order valence-electron chi connectivity index (χ3n) is 4.27. The van der Waals surface area contributed by atoms with E-state index >= 15 is 0 Å². The van der Waals surface area contributed by atoms with Crippen molar-refractivity contribution in [3.8, 4) is 10.6 Å². The SMILES string of the molecule is Cc1nc(-c2ccc(Cl)cc2)sc1C(C)NC(=O)N(CCO)Cc1ccsc1. The molecule has 5 nitrogen and oxygen atoms in total. The molecule has 2 amide bonds. The van der Waals surface area contributed by atoms with Crippen LogP contribution < -0.4 is 5.32 Å². The molecule has 28 heavy (non-hydrogen) atoms. The number of nitrogens with one attached hydrogen (secondary N) is 1. The van der Waals surface area contributed by atoms with Gasteiger partial charge in [-0.15, -0.1) is 11.3 Å². The number of halogens is 1. The summed E-state index contributed by atoms with van der Waals surface area (Å²) < 4.78 is 0. The van der Waals surface area contributed by atoms with Gasteiger partial charge in [0, 0.05) is 23.7 Å². The lowest BCUT2D eigenvalue weighted by Crippen LogP contribution is -2.41. The van der Waals surface area contributed by atoms with E-state index in [4.69, 9.17) is 11.6 Å². The molecule has 0 aliphatic rings. The Bertz CT molecular complexity index is 910. The molecule has 0 aliphatic heterocycles. The number of nitrogens with zero attached hydrogens (tertiary/aromatic N) is 2. The van der Waals surface area contributed by atoms with E-state index < -0.39 is 0 Å². The van der Waals surface area contributed by atoms with Crippen LogP contribution in [0.25, 0.3) is 10.6 Å². The van der Waals surface area contributed by atoms with Crippen LogP contribution in [0.3, 0.4) is 0 Å². The molecule has 1 aromatic carbocycles. The number of carbonyl (C=O) groups is 1. The molecule has 2 aromatic heterocycles. The highest BCUT2D eigenvalue weighted by Crippen LogP contribution is 2.32. The zero-order valence-corrected chi connectivity index (χ0v) is 18.1. The van der Waals surface area contributed by atoms with Crippen LogP contribution in [0.2, 0.25) is 5.02 Å². The summed E-state index contributed by atoms with van der Waals surface area (Å²) >= 11 is 9.12. The number of aromatic nitrogens is 1. The van der Waals surface area contributed by atoms with Crippen LogP contribution in [-0.4, -0.2) is 34.2 Å². The summed E-state index contributed by atoms with van der Waals surface area (Å²) in [5.41, 5.74) is 2.95. The number of aryl methyl sites for hydroxylation is 1. The van der Waals surface area contributed by atoms with Crippen molar-refractivity contribution in [2.24, 2.45) is 0 Å². The predicted octanol–water partition coefficient (Wildman–Crippen LogP) is 5.10. The second-order valence-electron chi connectivity index (χ2n) is 6.42. The molecule has 3 aromatic rings. The maximum absolute atomic E-state index is 12.7. The molecule has 1 atom stereocenters. The van der Waals surface area contributed by atoms with Gasteiger partial charge in [0.1, 0.15) is 5.01 Å². The maximum atomic E-state index is 12.7. The van der Waals surface area contributed by atoms with Crippen LogP contribution in [0, 0.1) is 6.92 Å². The van der Waals surface area contributed by atoms with Crippen molar-refractivity contribution in [3.05, 3.63) is 62.2 Å². The van der Waals surface area contributed by atoms with Crippen molar-refractivity contribution >= 4 is 40.3 Å². The predicted molar refractivity (Wildman–Crippen MR) is 116 cm³/mol. The van der Waals surface area contributed by atoms with Crippen LogP contribution >= 0.6 is 34.3 Å². The Balaban J connectivity index is 1.71. The Morgan fingerprint density at radius 3 is 2.71 bits per heavy atom. The number of hydrogen-bond acceptors (Lipinski definition) is 5. The van der Waals surface area contributed by atoms with Crippen molar-refractivity contribution in [1.82, 2.24) is 15.2 Å². The number of rotatable bonds is 7. The van der Waals surface area contributed by atoms with Gasteiger partial charge in [0.2, 0.25) is 0 Å². The van der Waals surface area contributed by atoms with Crippen LogP contribution in [0.4, 0.5) is 4.79 Å². The summed E-state index contributed by atoms with van der Waals surface area (Å²) in [7, 11) is 0. The van der Waals surface area contributed by atoms with Gasteiger partial charge < -0.3 is 15.3 Å². The standard InChI is InChI=1S/C20H22ClN3O2S2/c1-13-18(28-19(22-13)16-3-5-17(21)6-4-16)14(2)23-20(26)24(8-9-25)11-15-7-10-27-12-15/h3-7,10,12,14,25H,8-9,11H2,1-2H3,(H,23,26). The van der Waals surface area contributed by atoms with Gasteiger partial charge >= 0.3 is 6.03 Å². The van der Waals surface area contributed by atoms with Crippen LogP contribution in [0.5, 0.6) is 0 Å². The normalized spacial score (nSPS) is 12.0.